The van der Waals surface area contributed by atoms with Gasteiger partial charge in [-0.15, -0.1) is 0 Å². The molecule has 1 aromatic carbocycles. The van der Waals surface area contributed by atoms with Crippen LogP contribution >= 0.6 is 0 Å². The summed E-state index contributed by atoms with van der Waals surface area (Å²) in [5.41, 5.74) is 0.191. The highest BCUT2D eigenvalue weighted by Crippen LogP contribution is 2.30. The van der Waals surface area contributed by atoms with E-state index in [1.165, 1.54) is 40.7 Å². The maximum Gasteiger partial charge on any atom is 0.269 e. The Balaban J connectivity index is 1.75. The van der Waals surface area contributed by atoms with Gasteiger partial charge in [0.05, 0.1) is 12.1 Å². The van der Waals surface area contributed by atoms with Gasteiger partial charge in [-0.05, 0) is 31.2 Å². The summed E-state index contributed by atoms with van der Waals surface area (Å²) in [6.45, 7) is 1.19. The van der Waals surface area contributed by atoms with E-state index in [1.54, 1.807) is 14.0 Å². The summed E-state index contributed by atoms with van der Waals surface area (Å²) in [5.74, 6) is -2.96. The molecule has 30 heavy (non-hydrogen) atoms. The summed E-state index contributed by atoms with van der Waals surface area (Å²) in [4.78, 5) is 35.7. The lowest BCUT2D eigenvalue weighted by molar-refractivity contribution is -0.115. The summed E-state index contributed by atoms with van der Waals surface area (Å²) in [5, 5.41) is 8.60. The van der Waals surface area contributed by atoms with E-state index < -0.39 is 30.0 Å². The van der Waals surface area contributed by atoms with Gasteiger partial charge in [0.1, 0.15) is 17.3 Å². The van der Waals surface area contributed by atoms with Crippen LogP contribution in [0, 0.1) is 18.6 Å². The number of aryl methyl sites for hydroxylation is 1. The van der Waals surface area contributed by atoms with Crippen molar-refractivity contribution in [3.8, 4) is 11.1 Å². The number of rotatable bonds is 5. The van der Waals surface area contributed by atoms with Crippen LogP contribution in [0.4, 0.5) is 14.5 Å². The van der Waals surface area contributed by atoms with Crippen molar-refractivity contribution in [2.24, 2.45) is 14.1 Å². The third kappa shape index (κ3) is 4.12. The number of aromatic nitrogens is 3. The maximum absolute atomic E-state index is 14.6. The number of amides is 2. The van der Waals surface area contributed by atoms with Crippen molar-refractivity contribution in [3.05, 3.63) is 69.9 Å². The number of carbonyl (C=O) groups excluding carboxylic acids is 2. The lowest BCUT2D eigenvalue weighted by Crippen LogP contribution is -2.33. The number of anilines is 1. The van der Waals surface area contributed by atoms with Crippen molar-refractivity contribution in [2.45, 2.75) is 6.92 Å². The van der Waals surface area contributed by atoms with Gasteiger partial charge in [-0.25, -0.2) is 8.78 Å². The zero-order chi connectivity index (χ0) is 22.0. The van der Waals surface area contributed by atoms with Crippen LogP contribution in [0.2, 0.25) is 0 Å². The fourth-order valence-electron chi connectivity index (χ4n) is 2.95. The Morgan fingerprint density at radius 2 is 1.77 bits per heavy atom. The minimum Gasteiger partial charge on any atom is -0.342 e. The zero-order valence-corrected chi connectivity index (χ0v) is 16.5. The van der Waals surface area contributed by atoms with Gasteiger partial charge in [-0.2, -0.15) is 5.10 Å². The first-order chi connectivity index (χ1) is 14.2. The topological polar surface area (TPSA) is 98.0 Å². The molecular weight excluding hydrogens is 396 g/mol. The molecule has 2 N–H and O–H groups in total. The van der Waals surface area contributed by atoms with Crippen LogP contribution in [-0.4, -0.2) is 32.7 Å². The SMILES string of the molecule is Cc1c(-c2c(F)cc(NC(=O)CNC(=O)c3ccnn3C)cc2F)ccc(=O)n1C. The van der Waals surface area contributed by atoms with E-state index in [-0.39, 0.29) is 28.1 Å². The number of carbonyl (C=O) groups is 2. The Kier molecular flexibility index (Phi) is 5.77. The Labute approximate surface area is 170 Å². The minimum absolute atomic E-state index is 0.101. The Morgan fingerprint density at radius 3 is 2.37 bits per heavy atom. The average Bonchev–Trinajstić information content (AvgIpc) is 3.11. The molecule has 0 fully saturated rings. The second-order valence-electron chi connectivity index (χ2n) is 6.62. The van der Waals surface area contributed by atoms with Gasteiger partial charge in [-0.3, -0.25) is 19.1 Å². The summed E-state index contributed by atoms with van der Waals surface area (Å²) < 4.78 is 31.9. The number of pyridine rings is 1. The molecule has 8 nitrogen and oxygen atoms in total. The Morgan fingerprint density at radius 1 is 1.10 bits per heavy atom. The maximum atomic E-state index is 14.6. The lowest BCUT2D eigenvalue weighted by atomic mass is 10.0. The molecule has 0 atom stereocenters. The molecule has 0 radical (unpaired) electrons. The molecule has 10 heteroatoms. The second kappa shape index (κ2) is 8.27. The average molecular weight is 415 g/mol. The molecule has 2 amide bonds. The Bertz CT molecular complexity index is 1180. The first-order valence-electron chi connectivity index (χ1n) is 8.91. The van der Waals surface area contributed by atoms with E-state index in [0.29, 0.717) is 5.69 Å². The van der Waals surface area contributed by atoms with Gasteiger partial charge >= 0.3 is 0 Å². The molecule has 0 spiro atoms. The number of halogens is 2. The third-order valence-electron chi connectivity index (χ3n) is 4.67. The van der Waals surface area contributed by atoms with E-state index in [1.807, 2.05) is 0 Å². The predicted octanol–water partition coefficient (Wildman–Crippen LogP) is 1.74. The first-order valence-corrected chi connectivity index (χ1v) is 8.91. The molecule has 0 aliphatic heterocycles. The van der Waals surface area contributed by atoms with Gasteiger partial charge in [0, 0.05) is 43.3 Å². The third-order valence-corrected chi connectivity index (χ3v) is 4.67. The van der Waals surface area contributed by atoms with Crippen LogP contribution in [-0.2, 0) is 18.9 Å². The molecule has 3 aromatic rings. The van der Waals surface area contributed by atoms with E-state index >= 15 is 0 Å². The number of benzene rings is 1. The quantitative estimate of drug-likeness (QED) is 0.663. The van der Waals surface area contributed by atoms with Crippen LogP contribution in [0.25, 0.3) is 11.1 Å². The number of nitrogens with one attached hydrogen (secondary N) is 2. The standard InChI is InChI=1S/C20H19F2N5O3/c1-11-13(4-5-18(29)26(11)2)19-14(21)8-12(9-15(19)22)25-17(28)10-23-20(30)16-6-7-24-27(16)3/h4-9H,10H2,1-3H3,(H,23,30)(H,25,28). The van der Waals surface area contributed by atoms with E-state index in [0.717, 1.165) is 12.1 Å². The number of hydrogen-bond donors (Lipinski definition) is 2. The van der Waals surface area contributed by atoms with E-state index in [4.69, 9.17) is 0 Å². The highest BCUT2D eigenvalue weighted by molar-refractivity contribution is 5.98. The lowest BCUT2D eigenvalue weighted by Gasteiger charge is -2.13. The van der Waals surface area contributed by atoms with Crippen molar-refractivity contribution in [2.75, 3.05) is 11.9 Å². The normalized spacial score (nSPS) is 10.7. The largest absolute Gasteiger partial charge is 0.342 e. The summed E-state index contributed by atoms with van der Waals surface area (Å²) in [7, 11) is 3.08. The first kappa shape index (κ1) is 20.9. The van der Waals surface area contributed by atoms with Crippen LogP contribution in [0.3, 0.4) is 0 Å². The van der Waals surface area contributed by atoms with Crippen molar-refractivity contribution < 1.29 is 18.4 Å². The fourth-order valence-corrected chi connectivity index (χ4v) is 2.95. The van der Waals surface area contributed by atoms with Crippen molar-refractivity contribution >= 4 is 17.5 Å². The molecule has 156 valence electrons. The molecule has 0 saturated carbocycles. The molecule has 0 saturated heterocycles. The van der Waals surface area contributed by atoms with Crippen LogP contribution in [0.1, 0.15) is 16.2 Å². The van der Waals surface area contributed by atoms with Crippen molar-refractivity contribution in [3.63, 3.8) is 0 Å². The van der Waals surface area contributed by atoms with Crippen LogP contribution in [0.5, 0.6) is 0 Å². The summed E-state index contributed by atoms with van der Waals surface area (Å²) in [6, 6.07) is 6.01. The zero-order valence-electron chi connectivity index (χ0n) is 16.5. The molecule has 0 unspecified atom stereocenters. The fraction of sp³-hybridized carbons (Fsp3) is 0.200. The number of nitrogens with zero attached hydrogens (tertiary/aromatic N) is 3. The van der Waals surface area contributed by atoms with E-state index in [9.17, 15) is 23.2 Å². The molecule has 0 bridgehead atoms. The van der Waals surface area contributed by atoms with Crippen molar-refractivity contribution in [1.29, 1.82) is 0 Å². The number of hydrogen-bond acceptors (Lipinski definition) is 4. The minimum atomic E-state index is -0.897. The van der Waals surface area contributed by atoms with Gasteiger partial charge in [0.15, 0.2) is 0 Å². The molecule has 0 aliphatic rings. The predicted molar refractivity (Wildman–Crippen MR) is 106 cm³/mol. The molecule has 0 aliphatic carbocycles. The highest BCUT2D eigenvalue weighted by atomic mass is 19.1. The van der Waals surface area contributed by atoms with Gasteiger partial charge < -0.3 is 15.2 Å². The summed E-state index contributed by atoms with van der Waals surface area (Å²) >= 11 is 0. The highest BCUT2D eigenvalue weighted by Gasteiger charge is 2.18. The van der Waals surface area contributed by atoms with Crippen LogP contribution < -0.4 is 16.2 Å². The summed E-state index contributed by atoms with van der Waals surface area (Å²) in [6.07, 6.45) is 1.44. The van der Waals surface area contributed by atoms with E-state index in [2.05, 4.69) is 15.7 Å². The monoisotopic (exact) mass is 415 g/mol. The molecule has 3 rings (SSSR count). The molecular formula is C20H19F2N5O3. The van der Waals surface area contributed by atoms with Gasteiger partial charge in [0.25, 0.3) is 5.91 Å². The van der Waals surface area contributed by atoms with Gasteiger partial charge in [-0.1, -0.05) is 0 Å². The smallest absolute Gasteiger partial charge is 0.269 e. The van der Waals surface area contributed by atoms with Crippen LogP contribution in [0.15, 0.2) is 41.3 Å². The van der Waals surface area contributed by atoms with Gasteiger partial charge in [0.2, 0.25) is 11.5 Å². The molecule has 2 heterocycles. The Hall–Kier alpha value is -3.82. The van der Waals surface area contributed by atoms with Crippen molar-refractivity contribution in [1.82, 2.24) is 19.7 Å². The second-order valence-corrected chi connectivity index (χ2v) is 6.62. The molecule has 2 aromatic heterocycles.